The van der Waals surface area contributed by atoms with E-state index in [1.165, 1.54) is 7.11 Å². The van der Waals surface area contributed by atoms with E-state index in [-0.39, 0.29) is 11.7 Å². The van der Waals surface area contributed by atoms with Crippen molar-refractivity contribution in [1.82, 2.24) is 0 Å². The van der Waals surface area contributed by atoms with Gasteiger partial charge in [0.1, 0.15) is 0 Å². The summed E-state index contributed by atoms with van der Waals surface area (Å²) >= 11 is 0. The molecule has 152 valence electrons. The first kappa shape index (κ1) is 21.6. The highest BCUT2D eigenvalue weighted by atomic mass is 32.2. The Hall–Kier alpha value is -2.74. The van der Waals surface area contributed by atoms with Gasteiger partial charge in [-0.2, -0.15) is 0 Å². The lowest BCUT2D eigenvalue weighted by Gasteiger charge is -2.15. The van der Waals surface area contributed by atoms with Crippen LogP contribution in [0.15, 0.2) is 36.4 Å². The van der Waals surface area contributed by atoms with Crippen LogP contribution in [0.1, 0.15) is 36.2 Å². The third kappa shape index (κ3) is 5.39. The van der Waals surface area contributed by atoms with Crippen molar-refractivity contribution in [3.05, 3.63) is 47.5 Å². The number of amides is 1. The fourth-order valence-corrected chi connectivity index (χ4v) is 3.85. The van der Waals surface area contributed by atoms with E-state index in [4.69, 9.17) is 9.47 Å². The summed E-state index contributed by atoms with van der Waals surface area (Å²) in [4.78, 5) is 12.7. The maximum absolute atomic E-state index is 12.7. The van der Waals surface area contributed by atoms with E-state index in [1.807, 2.05) is 6.92 Å². The fourth-order valence-electron chi connectivity index (χ4n) is 2.65. The van der Waals surface area contributed by atoms with Crippen molar-refractivity contribution in [2.75, 3.05) is 29.5 Å². The monoisotopic (exact) mass is 406 g/mol. The Bertz CT molecular complexity index is 942. The van der Waals surface area contributed by atoms with Gasteiger partial charge >= 0.3 is 0 Å². The first-order valence-corrected chi connectivity index (χ1v) is 10.7. The van der Waals surface area contributed by atoms with Gasteiger partial charge < -0.3 is 14.8 Å². The number of sulfonamides is 1. The molecule has 0 atom stereocenters. The largest absolute Gasteiger partial charge is 0.493 e. The van der Waals surface area contributed by atoms with Gasteiger partial charge in [-0.1, -0.05) is 13.0 Å². The molecule has 8 heteroatoms. The van der Waals surface area contributed by atoms with Crippen molar-refractivity contribution < 1.29 is 22.7 Å². The fraction of sp³-hybridized carbons (Fsp3) is 0.350. The summed E-state index contributed by atoms with van der Waals surface area (Å²) in [5, 5.41) is 2.82. The van der Waals surface area contributed by atoms with Gasteiger partial charge in [0.05, 0.1) is 25.2 Å². The van der Waals surface area contributed by atoms with E-state index < -0.39 is 10.0 Å². The molecule has 0 aliphatic heterocycles. The number of carbonyl (C=O) groups is 1. The predicted octanol–water partition coefficient (Wildman–Crippen LogP) is 3.81. The molecule has 0 spiro atoms. The Kier molecular flexibility index (Phi) is 7.28. The lowest BCUT2D eigenvalue weighted by atomic mass is 10.1. The molecule has 2 aromatic rings. The van der Waals surface area contributed by atoms with E-state index in [0.717, 1.165) is 0 Å². The zero-order chi connectivity index (χ0) is 20.7. The van der Waals surface area contributed by atoms with Crippen LogP contribution in [-0.4, -0.2) is 33.8 Å². The summed E-state index contributed by atoms with van der Waals surface area (Å²) in [7, 11) is -1.88. The molecule has 0 saturated heterocycles. The molecular formula is C20H26N2O5S. The zero-order valence-electron chi connectivity index (χ0n) is 16.5. The predicted molar refractivity (Wildman–Crippen MR) is 111 cm³/mol. The number of ether oxygens (including phenoxy) is 2. The molecule has 7 nitrogen and oxygen atoms in total. The molecule has 0 bridgehead atoms. The molecular weight excluding hydrogens is 380 g/mol. The van der Waals surface area contributed by atoms with Gasteiger partial charge in [0.25, 0.3) is 5.91 Å². The van der Waals surface area contributed by atoms with Gasteiger partial charge in [-0.05, 0) is 56.2 Å². The minimum atomic E-state index is -3.42. The average molecular weight is 407 g/mol. The molecule has 0 aromatic heterocycles. The van der Waals surface area contributed by atoms with Gasteiger partial charge in [-0.15, -0.1) is 0 Å². The van der Waals surface area contributed by atoms with Gasteiger partial charge in [0, 0.05) is 11.3 Å². The highest BCUT2D eigenvalue weighted by molar-refractivity contribution is 7.92. The lowest BCUT2D eigenvalue weighted by Crippen LogP contribution is -2.18. The molecule has 0 aliphatic carbocycles. The van der Waals surface area contributed by atoms with Gasteiger partial charge in [0.15, 0.2) is 11.5 Å². The van der Waals surface area contributed by atoms with Gasteiger partial charge in [-0.25, -0.2) is 8.42 Å². The Morgan fingerprint density at radius 3 is 2.43 bits per heavy atom. The summed E-state index contributed by atoms with van der Waals surface area (Å²) in [5.74, 6) is 0.729. The van der Waals surface area contributed by atoms with E-state index in [9.17, 15) is 13.2 Å². The summed E-state index contributed by atoms with van der Waals surface area (Å²) < 4.78 is 37.4. The quantitative estimate of drug-likeness (QED) is 0.660. The normalized spacial score (nSPS) is 11.0. The summed E-state index contributed by atoms with van der Waals surface area (Å²) in [6.07, 6.45) is 0.518. The van der Waals surface area contributed by atoms with Crippen molar-refractivity contribution in [2.24, 2.45) is 0 Å². The number of hydrogen-bond acceptors (Lipinski definition) is 5. The Morgan fingerprint density at radius 1 is 1.07 bits per heavy atom. The van der Waals surface area contributed by atoms with Crippen LogP contribution in [-0.2, 0) is 10.0 Å². The molecule has 28 heavy (non-hydrogen) atoms. The second-order valence-electron chi connectivity index (χ2n) is 6.15. The SMILES string of the molecule is CCCS(=O)(=O)Nc1cccc(NC(=O)c2ccc(OC)c(OCC)c2)c1C. The molecule has 0 radical (unpaired) electrons. The van der Waals surface area contributed by atoms with E-state index in [2.05, 4.69) is 10.0 Å². The Labute approximate surface area is 166 Å². The first-order valence-electron chi connectivity index (χ1n) is 9.03. The Morgan fingerprint density at radius 2 is 1.79 bits per heavy atom. The molecule has 0 aliphatic rings. The summed E-state index contributed by atoms with van der Waals surface area (Å²) in [6.45, 7) is 5.84. The van der Waals surface area contributed by atoms with Crippen molar-refractivity contribution >= 4 is 27.3 Å². The molecule has 0 saturated carbocycles. The number of benzene rings is 2. The van der Waals surface area contributed by atoms with Crippen LogP contribution >= 0.6 is 0 Å². The highest BCUT2D eigenvalue weighted by Gasteiger charge is 2.15. The van der Waals surface area contributed by atoms with Gasteiger partial charge in [0.2, 0.25) is 10.0 Å². The van der Waals surface area contributed by atoms with Crippen LogP contribution in [0.2, 0.25) is 0 Å². The molecule has 0 heterocycles. The van der Waals surface area contributed by atoms with E-state index in [0.29, 0.717) is 47.0 Å². The van der Waals surface area contributed by atoms with Crippen molar-refractivity contribution in [3.63, 3.8) is 0 Å². The number of hydrogen-bond donors (Lipinski definition) is 2. The van der Waals surface area contributed by atoms with Crippen LogP contribution in [0.3, 0.4) is 0 Å². The maximum atomic E-state index is 12.7. The number of rotatable bonds is 9. The second-order valence-corrected chi connectivity index (χ2v) is 7.99. The molecule has 0 fully saturated rings. The van der Waals surface area contributed by atoms with Gasteiger partial charge in [-0.3, -0.25) is 9.52 Å². The lowest BCUT2D eigenvalue weighted by molar-refractivity contribution is 0.102. The topological polar surface area (TPSA) is 93.7 Å². The smallest absolute Gasteiger partial charge is 0.255 e. The standard InChI is InChI=1S/C20H26N2O5S/c1-5-12-28(24,25)22-17-9-7-8-16(14(17)3)21-20(23)15-10-11-18(26-4)19(13-15)27-6-2/h7-11,13,22H,5-6,12H2,1-4H3,(H,21,23). The maximum Gasteiger partial charge on any atom is 0.255 e. The number of anilines is 2. The van der Waals surface area contributed by atoms with Crippen molar-refractivity contribution in [3.8, 4) is 11.5 Å². The summed E-state index contributed by atoms with van der Waals surface area (Å²) in [6, 6.07) is 9.99. The molecule has 1 amide bonds. The molecule has 2 rings (SSSR count). The molecule has 2 aromatic carbocycles. The molecule has 0 unspecified atom stereocenters. The van der Waals surface area contributed by atoms with Crippen molar-refractivity contribution in [1.29, 1.82) is 0 Å². The first-order chi connectivity index (χ1) is 13.3. The van der Waals surface area contributed by atoms with Crippen LogP contribution in [0.5, 0.6) is 11.5 Å². The van der Waals surface area contributed by atoms with Crippen LogP contribution in [0.25, 0.3) is 0 Å². The minimum absolute atomic E-state index is 0.0368. The second kappa shape index (κ2) is 9.45. The highest BCUT2D eigenvalue weighted by Crippen LogP contribution is 2.29. The molecule has 2 N–H and O–H groups in total. The average Bonchev–Trinajstić information content (AvgIpc) is 2.65. The zero-order valence-corrected chi connectivity index (χ0v) is 17.4. The van der Waals surface area contributed by atoms with Crippen LogP contribution in [0.4, 0.5) is 11.4 Å². The van der Waals surface area contributed by atoms with E-state index >= 15 is 0 Å². The summed E-state index contributed by atoms with van der Waals surface area (Å²) in [5.41, 5.74) is 2.00. The van der Waals surface area contributed by atoms with E-state index in [1.54, 1.807) is 50.2 Å². The van der Waals surface area contributed by atoms with Crippen LogP contribution < -0.4 is 19.5 Å². The third-order valence-corrected chi connectivity index (χ3v) is 5.52. The number of carbonyl (C=O) groups excluding carboxylic acids is 1. The van der Waals surface area contributed by atoms with Crippen molar-refractivity contribution in [2.45, 2.75) is 27.2 Å². The minimum Gasteiger partial charge on any atom is -0.493 e. The van der Waals surface area contributed by atoms with Crippen LogP contribution in [0, 0.1) is 6.92 Å². The third-order valence-electron chi connectivity index (χ3n) is 4.05. The number of methoxy groups -OCH3 is 1. The number of nitrogens with one attached hydrogen (secondary N) is 2. The Balaban J connectivity index is 2.25.